The van der Waals surface area contributed by atoms with Crippen LogP contribution < -0.4 is 5.73 Å². The molecule has 0 aromatic heterocycles. The van der Waals surface area contributed by atoms with Crippen LogP contribution in [0.3, 0.4) is 0 Å². The summed E-state index contributed by atoms with van der Waals surface area (Å²) in [5.74, 6) is 0. The zero-order valence-electron chi connectivity index (χ0n) is 4.04. The molecule has 0 aliphatic heterocycles. The monoisotopic (exact) mass is 135 g/mol. The Morgan fingerprint density at radius 3 is 1.43 bits per heavy atom. The van der Waals surface area contributed by atoms with Gasteiger partial charge in [-0.3, -0.25) is 0 Å². The predicted octanol–water partition coefficient (Wildman–Crippen LogP) is -1.80. The second-order valence-corrected chi connectivity index (χ2v) is 0.512. The minimum atomic E-state index is 0. The van der Waals surface area contributed by atoms with Crippen molar-refractivity contribution in [2.45, 2.75) is 0 Å². The maximum Gasteiger partial charge on any atom is 2.00 e. The van der Waals surface area contributed by atoms with Crippen LogP contribution in [0, 0.1) is 0 Å². The molecule has 0 heterocycles. The first-order valence-corrected chi connectivity index (χ1v) is 1.22. The van der Waals surface area contributed by atoms with Crippen molar-refractivity contribution < 1.29 is 16.1 Å². The van der Waals surface area contributed by atoms with Crippen LogP contribution in [0.15, 0.2) is 0 Å². The second-order valence-electron chi connectivity index (χ2n) is 0.512. The average Bonchev–Trinajstić information content (AvgIpc) is 1.37. The van der Waals surface area contributed by atoms with E-state index < -0.39 is 0 Å². The molecule has 0 rings (SSSR count). The summed E-state index contributed by atoms with van der Waals surface area (Å²) in [5, 5.41) is 7.75. The van der Waals surface area contributed by atoms with Gasteiger partial charge in [-0.15, -0.1) is 0 Å². The predicted molar refractivity (Wildman–Crippen MR) is 25.8 cm³/mol. The summed E-state index contributed by atoms with van der Waals surface area (Å²) < 4.78 is 0. The third-order valence-corrected chi connectivity index (χ3v) is 0.129. The smallest absolute Gasteiger partial charge is 0.870 e. The second kappa shape index (κ2) is 27.5. The van der Waals surface area contributed by atoms with Gasteiger partial charge in [-0.1, -0.05) is 0 Å². The van der Waals surface area contributed by atoms with Crippen molar-refractivity contribution in [2.24, 2.45) is 5.73 Å². The van der Waals surface area contributed by atoms with E-state index >= 15 is 0 Å². The molecule has 0 bridgehead atoms. The van der Waals surface area contributed by atoms with E-state index in [9.17, 15) is 0 Å². The zero-order valence-corrected chi connectivity index (χ0v) is 6.25. The summed E-state index contributed by atoms with van der Waals surface area (Å²) >= 11 is 0. The molecule has 7 heavy (non-hydrogen) atoms. The third kappa shape index (κ3) is 41.9. The summed E-state index contributed by atoms with van der Waals surface area (Å²) in [4.78, 5) is 0. The zero-order chi connectivity index (χ0) is 3.41. The van der Waals surface area contributed by atoms with Gasteiger partial charge in [0.2, 0.25) is 0 Å². The van der Waals surface area contributed by atoms with Crippen molar-refractivity contribution in [2.75, 3.05) is 13.2 Å². The van der Waals surface area contributed by atoms with Gasteiger partial charge >= 0.3 is 37.7 Å². The van der Waals surface area contributed by atoms with Crippen molar-refractivity contribution in [3.05, 3.63) is 0 Å². The Morgan fingerprint density at radius 2 is 1.43 bits per heavy atom. The van der Waals surface area contributed by atoms with Gasteiger partial charge in [0.1, 0.15) is 0 Å². The van der Waals surface area contributed by atoms with Gasteiger partial charge in [-0.2, -0.15) is 0 Å². The fourth-order valence-corrected chi connectivity index (χ4v) is 0. The van der Waals surface area contributed by atoms with Crippen molar-refractivity contribution in [1.82, 2.24) is 0 Å². The van der Waals surface area contributed by atoms with Crippen molar-refractivity contribution in [3.63, 3.8) is 0 Å². The van der Waals surface area contributed by atoms with Gasteiger partial charge in [0.05, 0.1) is 6.61 Å². The van der Waals surface area contributed by atoms with Gasteiger partial charge < -0.3 is 21.8 Å². The van der Waals surface area contributed by atoms with Crippen LogP contribution >= 0.6 is 0 Å². The number of aliphatic hydroxyl groups excluding tert-OH is 1. The molecule has 0 atom stereocenters. The van der Waals surface area contributed by atoms with E-state index in [1.807, 2.05) is 0 Å². The molecule has 4 nitrogen and oxygen atoms in total. The van der Waals surface area contributed by atoms with Crippen LogP contribution in [-0.2, 0) is 0 Å². The Balaban J connectivity index is -0.0000000150. The van der Waals surface area contributed by atoms with Crippen LogP contribution in [0.1, 0.15) is 0 Å². The maximum atomic E-state index is 7.75. The minimum Gasteiger partial charge on any atom is -0.870 e. The first-order valence-electron chi connectivity index (χ1n) is 1.22. The van der Waals surface area contributed by atoms with E-state index in [2.05, 4.69) is 0 Å². The molecule has 0 radical (unpaired) electrons. The topological polar surface area (TPSA) is 106 Å². The van der Waals surface area contributed by atoms with Crippen LogP contribution in [0.25, 0.3) is 0 Å². The van der Waals surface area contributed by atoms with Crippen LogP contribution in [0.4, 0.5) is 0 Å². The number of rotatable bonds is 1. The minimum absolute atomic E-state index is 0. The van der Waals surface area contributed by atoms with Crippen LogP contribution in [0.5, 0.6) is 0 Å². The molecule has 0 spiro atoms. The molecule has 0 fully saturated rings. The molecule has 0 aliphatic rings. The molecule has 0 amide bonds. The molecular formula is C2H9CaNO3. The van der Waals surface area contributed by atoms with Crippen molar-refractivity contribution >= 4 is 37.7 Å². The normalized spacial score (nSPS) is 4.29. The van der Waals surface area contributed by atoms with E-state index in [1.54, 1.807) is 0 Å². The summed E-state index contributed by atoms with van der Waals surface area (Å²) in [5.41, 5.74) is 4.78. The van der Waals surface area contributed by atoms with Gasteiger partial charge in [-0.25, -0.2) is 0 Å². The molecule has 5 heteroatoms. The Bertz CT molecular complexity index is 14.9. The first kappa shape index (κ1) is 24.3. The number of aliphatic hydroxyl groups is 1. The first-order chi connectivity index (χ1) is 1.91. The van der Waals surface area contributed by atoms with Gasteiger partial charge in [0, 0.05) is 6.54 Å². The SMILES string of the molecule is NCCO.[Ca+2].[OH-].[OH-]. The molecule has 0 saturated carbocycles. The summed E-state index contributed by atoms with van der Waals surface area (Å²) in [7, 11) is 0. The summed E-state index contributed by atoms with van der Waals surface area (Å²) in [6.07, 6.45) is 0. The Kier molecular flexibility index (Phi) is 95.4. The largest absolute Gasteiger partial charge is 2.00 e. The van der Waals surface area contributed by atoms with Gasteiger partial charge in [0.15, 0.2) is 0 Å². The average molecular weight is 135 g/mol. The van der Waals surface area contributed by atoms with Gasteiger partial charge in [-0.05, 0) is 0 Å². The number of hydrogen-bond acceptors (Lipinski definition) is 4. The molecule has 42 valence electrons. The summed E-state index contributed by atoms with van der Waals surface area (Å²) in [6, 6.07) is 0. The van der Waals surface area contributed by atoms with Crippen LogP contribution in [-0.4, -0.2) is 66.9 Å². The number of hydrogen-bond donors (Lipinski definition) is 2. The molecule has 0 aromatic rings. The Morgan fingerprint density at radius 1 is 1.29 bits per heavy atom. The maximum absolute atomic E-state index is 7.75. The number of nitrogens with two attached hydrogens (primary N) is 1. The van der Waals surface area contributed by atoms with Crippen LogP contribution in [0.2, 0.25) is 0 Å². The molecule has 0 aromatic carbocycles. The fraction of sp³-hybridized carbons (Fsp3) is 1.00. The molecule has 5 N–H and O–H groups in total. The van der Waals surface area contributed by atoms with Crippen molar-refractivity contribution in [1.29, 1.82) is 0 Å². The molecule has 0 aliphatic carbocycles. The van der Waals surface area contributed by atoms with E-state index in [1.165, 1.54) is 0 Å². The fourth-order valence-electron chi connectivity index (χ4n) is 0. The van der Waals surface area contributed by atoms with Crippen molar-refractivity contribution in [3.8, 4) is 0 Å². The van der Waals surface area contributed by atoms with E-state index in [-0.39, 0.29) is 55.3 Å². The van der Waals surface area contributed by atoms with Gasteiger partial charge in [0.25, 0.3) is 0 Å². The third-order valence-electron chi connectivity index (χ3n) is 0.129. The molecule has 0 unspecified atom stereocenters. The summed E-state index contributed by atoms with van der Waals surface area (Å²) in [6.45, 7) is 0.472. The Labute approximate surface area is 72.3 Å². The molecule has 0 saturated heterocycles. The van der Waals surface area contributed by atoms with E-state index in [0.29, 0.717) is 6.54 Å². The molecular weight excluding hydrogens is 126 g/mol. The quantitative estimate of drug-likeness (QED) is 0.414. The van der Waals surface area contributed by atoms with E-state index in [0.717, 1.165) is 0 Å². The Hall–Kier alpha value is 1.10. The van der Waals surface area contributed by atoms with E-state index in [4.69, 9.17) is 10.8 Å². The standard InChI is InChI=1S/C2H7NO.Ca.2H2O/c3-1-2-4;;;/h4H,1-3H2;;2*1H2/q;+2;;/p-2.